The highest BCUT2D eigenvalue weighted by atomic mass is 79.9. The average molecular weight is 321 g/mol. The summed E-state index contributed by atoms with van der Waals surface area (Å²) < 4.78 is 27.8. The molecule has 1 fully saturated rings. The maximum atomic E-state index is 10.9. The van der Waals surface area contributed by atoms with E-state index in [2.05, 4.69) is 15.9 Å². The summed E-state index contributed by atoms with van der Waals surface area (Å²) in [6.07, 6.45) is -0.341. The van der Waals surface area contributed by atoms with Gasteiger partial charge in [0.2, 0.25) is 0 Å². The van der Waals surface area contributed by atoms with Crippen LogP contribution in [0, 0.1) is 0 Å². The van der Waals surface area contributed by atoms with Crippen molar-refractivity contribution in [3.63, 3.8) is 0 Å². The van der Waals surface area contributed by atoms with Gasteiger partial charge in [0, 0.05) is 0 Å². The van der Waals surface area contributed by atoms with Crippen molar-refractivity contribution in [1.29, 1.82) is 0 Å². The van der Waals surface area contributed by atoms with Gasteiger partial charge in [-0.3, -0.25) is 0 Å². The van der Waals surface area contributed by atoms with Gasteiger partial charge in [0.15, 0.2) is 9.84 Å². The van der Waals surface area contributed by atoms with Crippen molar-refractivity contribution < 1.29 is 23.1 Å². The molecule has 0 radical (unpaired) electrons. The molecule has 1 aromatic rings. The van der Waals surface area contributed by atoms with Crippen LogP contribution in [0.2, 0.25) is 0 Å². The van der Waals surface area contributed by atoms with Gasteiger partial charge in [0.05, 0.1) is 21.5 Å². The number of sulfone groups is 1. The van der Waals surface area contributed by atoms with Crippen LogP contribution in [0.15, 0.2) is 22.7 Å². The van der Waals surface area contributed by atoms with E-state index in [9.17, 15) is 13.2 Å². The number of hydrogen-bond acceptors (Lipinski definition) is 4. The fourth-order valence-electron chi connectivity index (χ4n) is 1.49. The Balaban J connectivity index is 2.10. The minimum Gasteiger partial charge on any atom is -0.487 e. The zero-order chi connectivity index (χ0) is 12.6. The van der Waals surface area contributed by atoms with Gasteiger partial charge < -0.3 is 9.84 Å². The quantitative estimate of drug-likeness (QED) is 0.908. The first kappa shape index (κ1) is 12.4. The Morgan fingerprint density at radius 1 is 1.41 bits per heavy atom. The second-order valence-corrected chi connectivity index (χ2v) is 6.78. The van der Waals surface area contributed by atoms with Gasteiger partial charge in [-0.15, -0.1) is 0 Å². The fourth-order valence-corrected chi connectivity index (χ4v) is 3.14. The monoisotopic (exact) mass is 320 g/mol. The van der Waals surface area contributed by atoms with Crippen LogP contribution in [0.25, 0.3) is 0 Å². The molecule has 0 spiro atoms. The Morgan fingerprint density at radius 2 is 2.06 bits per heavy atom. The van der Waals surface area contributed by atoms with Crippen LogP contribution in [-0.2, 0) is 9.84 Å². The van der Waals surface area contributed by atoms with Crippen molar-refractivity contribution >= 4 is 31.7 Å². The van der Waals surface area contributed by atoms with Crippen LogP contribution >= 0.6 is 15.9 Å². The molecule has 1 aliphatic heterocycles. The zero-order valence-corrected chi connectivity index (χ0v) is 11.0. The SMILES string of the molecule is O=C(O)c1ccc(OC2CS(=O)(=O)C2)c(Br)c1. The molecule has 92 valence electrons. The Morgan fingerprint density at radius 3 is 2.53 bits per heavy atom. The van der Waals surface area contributed by atoms with Crippen LogP contribution in [-0.4, -0.2) is 37.1 Å². The molecule has 5 nitrogen and oxygen atoms in total. The second kappa shape index (κ2) is 4.30. The Bertz CT molecular complexity index is 554. The summed E-state index contributed by atoms with van der Waals surface area (Å²) in [5, 5.41) is 8.77. The third-order valence-corrected chi connectivity index (χ3v) is 4.73. The molecule has 0 atom stereocenters. The number of rotatable bonds is 3. The minimum atomic E-state index is -2.92. The van der Waals surface area contributed by atoms with Crippen molar-refractivity contribution in [3.8, 4) is 5.75 Å². The molecule has 0 aliphatic carbocycles. The van der Waals surface area contributed by atoms with Gasteiger partial charge in [-0.05, 0) is 34.1 Å². The Kier molecular flexibility index (Phi) is 3.13. The maximum absolute atomic E-state index is 10.9. The number of carbonyl (C=O) groups is 1. The molecule has 1 aliphatic rings. The number of hydrogen-bond donors (Lipinski definition) is 1. The van der Waals surface area contributed by atoms with E-state index in [4.69, 9.17) is 9.84 Å². The minimum absolute atomic E-state index is 0.0140. The highest BCUT2D eigenvalue weighted by molar-refractivity contribution is 9.10. The topological polar surface area (TPSA) is 80.7 Å². The number of carboxylic acids is 1. The molecule has 0 unspecified atom stereocenters. The summed E-state index contributed by atoms with van der Waals surface area (Å²) in [4.78, 5) is 10.7. The lowest BCUT2D eigenvalue weighted by Gasteiger charge is -2.26. The lowest BCUT2D eigenvalue weighted by Crippen LogP contribution is -2.45. The molecule has 2 rings (SSSR count). The molecule has 0 amide bonds. The molecule has 1 aromatic carbocycles. The molecule has 7 heteroatoms. The molecule has 1 saturated heterocycles. The standard InChI is InChI=1S/C10H9BrO5S/c11-8-3-6(10(12)13)1-2-9(8)16-7-4-17(14,15)5-7/h1-3,7H,4-5H2,(H,12,13). The first-order valence-electron chi connectivity index (χ1n) is 4.77. The number of halogens is 1. The maximum Gasteiger partial charge on any atom is 0.335 e. The largest absolute Gasteiger partial charge is 0.487 e. The van der Waals surface area contributed by atoms with E-state index < -0.39 is 15.8 Å². The van der Waals surface area contributed by atoms with E-state index in [1.165, 1.54) is 18.2 Å². The van der Waals surface area contributed by atoms with Gasteiger partial charge in [-0.2, -0.15) is 0 Å². The van der Waals surface area contributed by atoms with E-state index in [1.807, 2.05) is 0 Å². The van der Waals surface area contributed by atoms with Crippen LogP contribution < -0.4 is 4.74 Å². The summed E-state index contributed by atoms with van der Waals surface area (Å²) in [7, 11) is -2.92. The van der Waals surface area contributed by atoms with E-state index in [0.717, 1.165) is 0 Å². The summed E-state index contributed by atoms with van der Waals surface area (Å²) in [5.74, 6) is -0.543. The lowest BCUT2D eigenvalue weighted by atomic mass is 10.2. The van der Waals surface area contributed by atoms with Crippen molar-refractivity contribution in [2.24, 2.45) is 0 Å². The van der Waals surface area contributed by atoms with Crippen molar-refractivity contribution in [2.45, 2.75) is 6.10 Å². The van der Waals surface area contributed by atoms with Gasteiger partial charge in [0.1, 0.15) is 11.9 Å². The molecule has 1 N–H and O–H groups in total. The molecular formula is C10H9BrO5S. The van der Waals surface area contributed by atoms with Crippen LogP contribution in [0.4, 0.5) is 0 Å². The van der Waals surface area contributed by atoms with Crippen LogP contribution in [0.5, 0.6) is 5.75 Å². The summed E-state index contributed by atoms with van der Waals surface area (Å²) in [6, 6.07) is 4.35. The van der Waals surface area contributed by atoms with Crippen molar-refractivity contribution in [3.05, 3.63) is 28.2 Å². The number of carboxylic acid groups (broad SMARTS) is 1. The van der Waals surface area contributed by atoms with Crippen molar-refractivity contribution in [1.82, 2.24) is 0 Å². The normalized spacial score (nSPS) is 18.4. The van der Waals surface area contributed by atoms with Crippen LogP contribution in [0.3, 0.4) is 0 Å². The van der Waals surface area contributed by atoms with Crippen LogP contribution in [0.1, 0.15) is 10.4 Å². The number of ether oxygens (including phenoxy) is 1. The van der Waals surface area contributed by atoms with E-state index >= 15 is 0 Å². The van der Waals surface area contributed by atoms with Crippen molar-refractivity contribution in [2.75, 3.05) is 11.5 Å². The van der Waals surface area contributed by atoms with Gasteiger partial charge >= 0.3 is 5.97 Å². The fraction of sp³-hybridized carbons (Fsp3) is 0.300. The van der Waals surface area contributed by atoms with E-state index in [1.54, 1.807) is 0 Å². The molecule has 17 heavy (non-hydrogen) atoms. The second-order valence-electron chi connectivity index (χ2n) is 3.77. The molecular weight excluding hydrogens is 312 g/mol. The molecule has 0 aromatic heterocycles. The third-order valence-electron chi connectivity index (χ3n) is 2.35. The van der Waals surface area contributed by atoms with E-state index in [0.29, 0.717) is 10.2 Å². The van der Waals surface area contributed by atoms with Gasteiger partial charge in [-0.1, -0.05) is 0 Å². The molecule has 0 saturated carbocycles. The first-order chi connectivity index (χ1) is 7.87. The number of aromatic carboxylic acids is 1. The average Bonchev–Trinajstić information content (AvgIpc) is 2.17. The summed E-state index contributed by atoms with van der Waals surface area (Å²) in [6.45, 7) is 0. The molecule has 0 bridgehead atoms. The summed E-state index contributed by atoms with van der Waals surface area (Å²) >= 11 is 3.19. The first-order valence-corrected chi connectivity index (χ1v) is 7.39. The Labute approximate surface area is 106 Å². The lowest BCUT2D eigenvalue weighted by molar-refractivity contribution is 0.0696. The van der Waals surface area contributed by atoms with Gasteiger partial charge in [0.25, 0.3) is 0 Å². The Hall–Kier alpha value is -1.08. The molecule has 1 heterocycles. The summed E-state index contributed by atoms with van der Waals surface area (Å²) in [5.41, 5.74) is 0.144. The highest BCUT2D eigenvalue weighted by Gasteiger charge is 2.35. The van der Waals surface area contributed by atoms with Gasteiger partial charge in [-0.25, -0.2) is 13.2 Å². The van der Waals surface area contributed by atoms with E-state index in [-0.39, 0.29) is 23.2 Å². The highest BCUT2D eigenvalue weighted by Crippen LogP contribution is 2.29. The third kappa shape index (κ3) is 2.78. The number of benzene rings is 1. The zero-order valence-electron chi connectivity index (χ0n) is 8.59. The predicted octanol–water partition coefficient (Wildman–Crippen LogP) is 1.32. The predicted molar refractivity (Wildman–Crippen MR) is 64.2 cm³/mol. The smallest absolute Gasteiger partial charge is 0.335 e.